The zero-order valence-corrected chi connectivity index (χ0v) is 11.0. The number of hydrogen-bond donors (Lipinski definition) is 2. The molecule has 0 radical (unpaired) electrons. The Bertz CT molecular complexity index is 606. The molecular weight excluding hydrogens is 240 g/mol. The average Bonchev–Trinajstić information content (AvgIpc) is 3.03. The molecule has 1 aliphatic heterocycles. The van der Waals surface area contributed by atoms with Gasteiger partial charge in [0.2, 0.25) is 0 Å². The quantitative estimate of drug-likeness (QED) is 0.854. The van der Waals surface area contributed by atoms with Gasteiger partial charge >= 0.3 is 0 Å². The Hall–Kier alpha value is -1.88. The van der Waals surface area contributed by atoms with E-state index in [4.69, 9.17) is 5.73 Å². The number of nitrogens with one attached hydrogen (secondary N) is 1. The summed E-state index contributed by atoms with van der Waals surface area (Å²) in [5, 5.41) is 7.88. The molecule has 1 aliphatic rings. The summed E-state index contributed by atoms with van der Waals surface area (Å²) in [6.45, 7) is 3.48. The lowest BCUT2D eigenvalue weighted by Gasteiger charge is -2.21. The Balaban J connectivity index is 1.94. The fraction of sp³-hybridized carbons (Fsp3) is 0.429. The number of carbonyl (C=O) groups excluding carboxylic acids is 1. The van der Waals surface area contributed by atoms with Crippen molar-refractivity contribution in [1.82, 2.24) is 15.1 Å². The largest absolute Gasteiger partial charge is 0.336 e. The van der Waals surface area contributed by atoms with Crippen molar-refractivity contribution in [2.75, 3.05) is 13.1 Å². The molecule has 0 aliphatic carbocycles. The minimum atomic E-state index is 0.0679. The van der Waals surface area contributed by atoms with Crippen LogP contribution >= 0.6 is 0 Å². The lowest BCUT2D eigenvalue weighted by atomic mass is 10.1. The standard InChI is InChI=1S/C14H18N4O/c1-9-5-10(6-15)8-18(9)14(19)12-4-2-3-11-7-16-17-13(11)12/h2-4,7,9-10H,5-6,8,15H2,1H3,(H,16,17)/t9-,10+/m1/s1. The third kappa shape index (κ3) is 2.00. The summed E-state index contributed by atoms with van der Waals surface area (Å²) in [4.78, 5) is 14.6. The number of hydrogen-bond acceptors (Lipinski definition) is 3. The summed E-state index contributed by atoms with van der Waals surface area (Å²) >= 11 is 0. The Morgan fingerprint density at radius 3 is 3.16 bits per heavy atom. The zero-order chi connectivity index (χ0) is 13.4. The third-order valence-corrected chi connectivity index (χ3v) is 3.96. The van der Waals surface area contributed by atoms with Crippen LogP contribution in [0, 0.1) is 5.92 Å². The van der Waals surface area contributed by atoms with Gasteiger partial charge in [0.25, 0.3) is 5.91 Å². The first-order chi connectivity index (χ1) is 9.20. The van der Waals surface area contributed by atoms with Gasteiger partial charge < -0.3 is 10.6 Å². The Morgan fingerprint density at radius 1 is 1.58 bits per heavy atom. The highest BCUT2D eigenvalue weighted by atomic mass is 16.2. The normalized spacial score (nSPS) is 23.2. The monoisotopic (exact) mass is 258 g/mol. The summed E-state index contributed by atoms with van der Waals surface area (Å²) < 4.78 is 0. The molecule has 1 saturated heterocycles. The number of H-pyrrole nitrogens is 1. The van der Waals surface area contributed by atoms with Gasteiger partial charge in [0.1, 0.15) is 0 Å². The van der Waals surface area contributed by atoms with Crippen molar-refractivity contribution >= 4 is 16.8 Å². The molecule has 0 spiro atoms. The molecule has 1 aromatic carbocycles. The van der Waals surface area contributed by atoms with Crippen LogP contribution in [0.15, 0.2) is 24.4 Å². The molecule has 19 heavy (non-hydrogen) atoms. The molecule has 3 N–H and O–H groups in total. The molecule has 0 bridgehead atoms. The number of nitrogens with two attached hydrogens (primary N) is 1. The fourth-order valence-corrected chi connectivity index (χ4v) is 2.90. The summed E-state index contributed by atoms with van der Waals surface area (Å²) in [5.74, 6) is 0.484. The number of likely N-dealkylation sites (tertiary alicyclic amines) is 1. The second-order valence-corrected chi connectivity index (χ2v) is 5.28. The van der Waals surface area contributed by atoms with Crippen LogP contribution in [0.5, 0.6) is 0 Å². The van der Waals surface area contributed by atoms with Crippen LogP contribution in [0.1, 0.15) is 23.7 Å². The molecule has 0 unspecified atom stereocenters. The van der Waals surface area contributed by atoms with Crippen LogP contribution in [0.25, 0.3) is 10.9 Å². The first-order valence-corrected chi connectivity index (χ1v) is 6.64. The lowest BCUT2D eigenvalue weighted by Crippen LogP contribution is -2.34. The number of para-hydroxylation sites is 1. The number of aromatic nitrogens is 2. The highest BCUT2D eigenvalue weighted by Gasteiger charge is 2.32. The number of carbonyl (C=O) groups is 1. The van der Waals surface area contributed by atoms with E-state index in [-0.39, 0.29) is 11.9 Å². The molecule has 0 saturated carbocycles. The Morgan fingerprint density at radius 2 is 2.42 bits per heavy atom. The van der Waals surface area contributed by atoms with Gasteiger partial charge in [0.15, 0.2) is 0 Å². The van der Waals surface area contributed by atoms with Crippen LogP contribution in [-0.4, -0.2) is 40.1 Å². The van der Waals surface area contributed by atoms with E-state index in [1.54, 1.807) is 6.20 Å². The van der Waals surface area contributed by atoms with Crippen LogP contribution in [0.2, 0.25) is 0 Å². The maximum atomic E-state index is 12.7. The van der Waals surface area contributed by atoms with Gasteiger partial charge in [-0.05, 0) is 31.9 Å². The van der Waals surface area contributed by atoms with E-state index < -0.39 is 0 Å². The van der Waals surface area contributed by atoms with E-state index in [9.17, 15) is 4.79 Å². The van der Waals surface area contributed by atoms with Crippen LogP contribution in [0.3, 0.4) is 0 Å². The van der Waals surface area contributed by atoms with Crippen molar-refractivity contribution in [1.29, 1.82) is 0 Å². The van der Waals surface area contributed by atoms with E-state index in [0.29, 0.717) is 18.0 Å². The van der Waals surface area contributed by atoms with E-state index >= 15 is 0 Å². The average molecular weight is 258 g/mol. The van der Waals surface area contributed by atoms with Crippen molar-refractivity contribution in [2.24, 2.45) is 11.7 Å². The highest BCUT2D eigenvalue weighted by molar-refractivity contribution is 6.05. The summed E-state index contributed by atoms with van der Waals surface area (Å²) in [7, 11) is 0. The minimum Gasteiger partial charge on any atom is -0.336 e. The molecule has 2 atom stereocenters. The van der Waals surface area contributed by atoms with Gasteiger partial charge in [-0.1, -0.05) is 12.1 Å². The first-order valence-electron chi connectivity index (χ1n) is 6.64. The highest BCUT2D eigenvalue weighted by Crippen LogP contribution is 2.26. The molecule has 5 heteroatoms. The van der Waals surface area contributed by atoms with Gasteiger partial charge in [-0.25, -0.2) is 0 Å². The van der Waals surface area contributed by atoms with E-state index in [1.165, 1.54) is 0 Å². The number of rotatable bonds is 2. The first kappa shape index (κ1) is 12.2. The molecule has 2 heterocycles. The molecule has 2 aromatic rings. The second kappa shape index (κ2) is 4.66. The van der Waals surface area contributed by atoms with Crippen LogP contribution in [-0.2, 0) is 0 Å². The predicted molar refractivity (Wildman–Crippen MR) is 73.8 cm³/mol. The maximum Gasteiger partial charge on any atom is 0.256 e. The van der Waals surface area contributed by atoms with Crippen LogP contribution < -0.4 is 5.73 Å². The molecule has 1 aromatic heterocycles. The second-order valence-electron chi connectivity index (χ2n) is 5.28. The summed E-state index contributed by atoms with van der Waals surface area (Å²) in [6.07, 6.45) is 2.73. The maximum absolute atomic E-state index is 12.7. The van der Waals surface area contributed by atoms with Gasteiger partial charge in [-0.2, -0.15) is 5.10 Å². The van der Waals surface area contributed by atoms with Gasteiger partial charge in [-0.15, -0.1) is 0 Å². The number of aromatic amines is 1. The van der Waals surface area contributed by atoms with Crippen molar-refractivity contribution in [2.45, 2.75) is 19.4 Å². The van der Waals surface area contributed by atoms with E-state index in [0.717, 1.165) is 23.9 Å². The van der Waals surface area contributed by atoms with Gasteiger partial charge in [0, 0.05) is 18.0 Å². The number of nitrogens with zero attached hydrogens (tertiary/aromatic N) is 2. The van der Waals surface area contributed by atoms with Crippen LogP contribution in [0.4, 0.5) is 0 Å². The smallest absolute Gasteiger partial charge is 0.256 e. The SMILES string of the molecule is C[C@@H]1C[C@@H](CN)CN1C(=O)c1cccc2cn[nH]c12. The van der Waals surface area contributed by atoms with Gasteiger partial charge in [-0.3, -0.25) is 9.89 Å². The summed E-state index contributed by atoms with van der Waals surface area (Å²) in [5.41, 5.74) is 7.23. The fourth-order valence-electron chi connectivity index (χ4n) is 2.90. The van der Waals surface area contributed by atoms with Crippen molar-refractivity contribution in [3.8, 4) is 0 Å². The predicted octanol–water partition coefficient (Wildman–Crippen LogP) is 1.37. The van der Waals surface area contributed by atoms with Crippen molar-refractivity contribution < 1.29 is 4.79 Å². The minimum absolute atomic E-state index is 0.0679. The van der Waals surface area contributed by atoms with Gasteiger partial charge in [0.05, 0.1) is 17.3 Å². The molecule has 3 rings (SSSR count). The van der Waals surface area contributed by atoms with Crippen molar-refractivity contribution in [3.05, 3.63) is 30.0 Å². The van der Waals surface area contributed by atoms with Crippen molar-refractivity contribution in [3.63, 3.8) is 0 Å². The Labute approximate surface area is 111 Å². The molecule has 100 valence electrons. The number of benzene rings is 1. The Kier molecular flexibility index (Phi) is 2.98. The zero-order valence-electron chi connectivity index (χ0n) is 11.0. The lowest BCUT2D eigenvalue weighted by molar-refractivity contribution is 0.0745. The molecule has 5 nitrogen and oxygen atoms in total. The number of fused-ring (bicyclic) bond motifs is 1. The topological polar surface area (TPSA) is 75.0 Å². The van der Waals surface area contributed by atoms with E-state index in [1.807, 2.05) is 23.1 Å². The van der Waals surface area contributed by atoms with E-state index in [2.05, 4.69) is 17.1 Å². The molecule has 1 amide bonds. The molecular formula is C14H18N4O. The summed E-state index contributed by atoms with van der Waals surface area (Å²) in [6, 6.07) is 5.95. The third-order valence-electron chi connectivity index (χ3n) is 3.96. The number of amides is 1. The molecule has 1 fully saturated rings.